The average molecular weight is 273 g/mol. The van der Waals surface area contributed by atoms with Crippen LogP contribution in [0.1, 0.15) is 24.5 Å². The molecule has 3 rings (SSSR count). The van der Waals surface area contributed by atoms with Gasteiger partial charge >= 0.3 is 0 Å². The minimum absolute atomic E-state index is 0.147. The first-order valence-corrected chi connectivity index (χ1v) is 7.87. The van der Waals surface area contributed by atoms with Gasteiger partial charge in [0.1, 0.15) is 0 Å². The Labute approximate surface area is 122 Å². The summed E-state index contributed by atoms with van der Waals surface area (Å²) < 4.78 is 0. The highest BCUT2D eigenvalue weighted by Gasteiger charge is 2.43. The molecule has 1 unspecified atom stereocenters. The van der Waals surface area contributed by atoms with E-state index in [0.29, 0.717) is 6.04 Å². The van der Waals surface area contributed by atoms with Crippen molar-refractivity contribution in [3.05, 3.63) is 35.4 Å². The molecule has 0 aromatic heterocycles. The standard InChI is InChI=1S/C17H27N3/c1-14-12-19(2)8-5-9-20(14)17(13-18)10-15-6-3-4-7-16(15)11-17/h3-4,6-7,14H,5,8-13,18H2,1-2H3. The Hall–Kier alpha value is -0.900. The molecular weight excluding hydrogens is 246 g/mol. The molecule has 110 valence electrons. The van der Waals surface area contributed by atoms with Crippen LogP contribution < -0.4 is 5.73 Å². The minimum atomic E-state index is 0.147. The van der Waals surface area contributed by atoms with E-state index in [2.05, 4.69) is 48.0 Å². The molecule has 1 heterocycles. The van der Waals surface area contributed by atoms with Gasteiger partial charge < -0.3 is 10.6 Å². The number of nitrogens with two attached hydrogens (primary N) is 1. The second-order valence-electron chi connectivity index (χ2n) is 6.71. The molecule has 0 amide bonds. The third-order valence-electron chi connectivity index (χ3n) is 5.19. The molecule has 1 aromatic carbocycles. The predicted molar refractivity (Wildman–Crippen MR) is 83.9 cm³/mol. The third-order valence-corrected chi connectivity index (χ3v) is 5.19. The molecule has 0 radical (unpaired) electrons. The van der Waals surface area contributed by atoms with E-state index in [1.807, 2.05) is 0 Å². The zero-order valence-electron chi connectivity index (χ0n) is 12.8. The van der Waals surface area contributed by atoms with Crippen molar-refractivity contribution in [2.75, 3.05) is 33.2 Å². The van der Waals surface area contributed by atoms with Crippen LogP contribution in [0, 0.1) is 0 Å². The van der Waals surface area contributed by atoms with Crippen molar-refractivity contribution in [1.29, 1.82) is 0 Å². The highest BCUT2D eigenvalue weighted by molar-refractivity contribution is 5.37. The van der Waals surface area contributed by atoms with Crippen LogP contribution in [0.15, 0.2) is 24.3 Å². The van der Waals surface area contributed by atoms with Crippen LogP contribution in [-0.4, -0.2) is 54.6 Å². The van der Waals surface area contributed by atoms with E-state index in [9.17, 15) is 0 Å². The molecule has 3 heteroatoms. The van der Waals surface area contributed by atoms with E-state index >= 15 is 0 Å². The molecule has 1 fully saturated rings. The molecular formula is C17H27N3. The number of hydrogen-bond acceptors (Lipinski definition) is 3. The summed E-state index contributed by atoms with van der Waals surface area (Å²) in [4.78, 5) is 5.16. The SMILES string of the molecule is CC1CN(C)CCCN1C1(CN)Cc2ccccc2C1. The predicted octanol–water partition coefficient (Wildman–Crippen LogP) is 1.51. The number of benzene rings is 1. The molecule has 1 atom stereocenters. The maximum atomic E-state index is 6.27. The third kappa shape index (κ3) is 2.39. The number of hydrogen-bond donors (Lipinski definition) is 1. The molecule has 20 heavy (non-hydrogen) atoms. The first-order chi connectivity index (χ1) is 9.64. The van der Waals surface area contributed by atoms with E-state index in [1.165, 1.54) is 30.6 Å². The Bertz CT molecular complexity index is 446. The van der Waals surface area contributed by atoms with E-state index in [-0.39, 0.29) is 5.54 Å². The van der Waals surface area contributed by atoms with Gasteiger partial charge in [-0.1, -0.05) is 24.3 Å². The Kier molecular flexibility index (Phi) is 3.85. The van der Waals surface area contributed by atoms with Crippen molar-refractivity contribution in [2.45, 2.75) is 37.8 Å². The lowest BCUT2D eigenvalue weighted by Gasteiger charge is -2.44. The summed E-state index contributed by atoms with van der Waals surface area (Å²) in [7, 11) is 2.23. The fourth-order valence-corrected chi connectivity index (χ4v) is 4.22. The van der Waals surface area contributed by atoms with E-state index in [4.69, 9.17) is 5.73 Å². The van der Waals surface area contributed by atoms with Crippen LogP contribution in [0.3, 0.4) is 0 Å². The van der Waals surface area contributed by atoms with Gasteiger partial charge in [0.15, 0.2) is 0 Å². The Morgan fingerprint density at radius 2 is 1.85 bits per heavy atom. The maximum Gasteiger partial charge on any atom is 0.0415 e. The van der Waals surface area contributed by atoms with Crippen molar-refractivity contribution in [3.8, 4) is 0 Å². The minimum Gasteiger partial charge on any atom is -0.329 e. The van der Waals surface area contributed by atoms with Crippen molar-refractivity contribution in [2.24, 2.45) is 5.73 Å². The second kappa shape index (κ2) is 5.47. The topological polar surface area (TPSA) is 32.5 Å². The number of fused-ring (bicyclic) bond motifs is 1. The molecule has 0 bridgehead atoms. The zero-order chi connectivity index (χ0) is 14.2. The average Bonchev–Trinajstić information content (AvgIpc) is 2.73. The Balaban J connectivity index is 1.87. The van der Waals surface area contributed by atoms with Gasteiger partial charge in [0.2, 0.25) is 0 Å². The van der Waals surface area contributed by atoms with Crippen LogP contribution >= 0.6 is 0 Å². The maximum absolute atomic E-state index is 6.27. The number of nitrogens with zero attached hydrogens (tertiary/aromatic N) is 2. The lowest BCUT2D eigenvalue weighted by atomic mass is 9.91. The Morgan fingerprint density at radius 1 is 1.20 bits per heavy atom. The summed E-state index contributed by atoms with van der Waals surface area (Å²) in [6, 6.07) is 9.46. The van der Waals surface area contributed by atoms with Crippen LogP contribution in [0.4, 0.5) is 0 Å². The summed E-state index contributed by atoms with van der Waals surface area (Å²) in [5.41, 5.74) is 9.42. The first-order valence-electron chi connectivity index (χ1n) is 7.87. The fourth-order valence-electron chi connectivity index (χ4n) is 4.22. The van der Waals surface area contributed by atoms with E-state index in [0.717, 1.165) is 25.9 Å². The molecule has 2 N–H and O–H groups in total. The van der Waals surface area contributed by atoms with Gasteiger partial charge in [-0.3, -0.25) is 4.90 Å². The highest BCUT2D eigenvalue weighted by Crippen LogP contribution is 2.36. The first kappa shape index (κ1) is 14.1. The van der Waals surface area contributed by atoms with Crippen molar-refractivity contribution < 1.29 is 0 Å². The van der Waals surface area contributed by atoms with E-state index in [1.54, 1.807) is 0 Å². The molecule has 3 nitrogen and oxygen atoms in total. The van der Waals surface area contributed by atoms with Gasteiger partial charge in [0.25, 0.3) is 0 Å². The van der Waals surface area contributed by atoms with Gasteiger partial charge in [-0.15, -0.1) is 0 Å². The van der Waals surface area contributed by atoms with Crippen LogP contribution in [-0.2, 0) is 12.8 Å². The van der Waals surface area contributed by atoms with Crippen molar-refractivity contribution in [1.82, 2.24) is 9.80 Å². The largest absolute Gasteiger partial charge is 0.329 e. The summed E-state index contributed by atoms with van der Waals surface area (Å²) in [6.07, 6.45) is 3.49. The van der Waals surface area contributed by atoms with Crippen molar-refractivity contribution in [3.63, 3.8) is 0 Å². The van der Waals surface area contributed by atoms with Crippen LogP contribution in [0.2, 0.25) is 0 Å². The Morgan fingerprint density at radius 3 is 2.45 bits per heavy atom. The van der Waals surface area contributed by atoms with Gasteiger partial charge in [-0.2, -0.15) is 0 Å². The molecule has 1 aromatic rings. The quantitative estimate of drug-likeness (QED) is 0.886. The molecule has 1 saturated heterocycles. The lowest BCUT2D eigenvalue weighted by Crippen LogP contribution is -2.59. The highest BCUT2D eigenvalue weighted by atomic mass is 15.3. The molecule has 1 aliphatic heterocycles. The van der Waals surface area contributed by atoms with Gasteiger partial charge in [-0.05, 0) is 50.9 Å². The molecule has 1 aliphatic carbocycles. The zero-order valence-corrected chi connectivity index (χ0v) is 12.8. The van der Waals surface area contributed by atoms with Crippen LogP contribution in [0.5, 0.6) is 0 Å². The normalized spacial score (nSPS) is 27.2. The van der Waals surface area contributed by atoms with Gasteiger partial charge in [-0.25, -0.2) is 0 Å². The molecule has 2 aliphatic rings. The summed E-state index contributed by atoms with van der Waals surface area (Å²) in [5, 5.41) is 0. The van der Waals surface area contributed by atoms with E-state index < -0.39 is 0 Å². The second-order valence-corrected chi connectivity index (χ2v) is 6.71. The smallest absolute Gasteiger partial charge is 0.0415 e. The summed E-state index contributed by atoms with van der Waals surface area (Å²) in [6.45, 7) is 6.65. The lowest BCUT2D eigenvalue weighted by molar-refractivity contribution is 0.0638. The molecule has 0 saturated carbocycles. The summed E-state index contributed by atoms with van der Waals surface area (Å²) >= 11 is 0. The summed E-state index contributed by atoms with van der Waals surface area (Å²) in [5.74, 6) is 0. The molecule has 0 spiro atoms. The van der Waals surface area contributed by atoms with Crippen LogP contribution in [0.25, 0.3) is 0 Å². The monoisotopic (exact) mass is 273 g/mol. The van der Waals surface area contributed by atoms with Crippen molar-refractivity contribution >= 4 is 0 Å². The number of likely N-dealkylation sites (N-methyl/N-ethyl adjacent to an activating group) is 1. The van der Waals surface area contributed by atoms with Gasteiger partial charge in [0, 0.05) is 31.2 Å². The number of rotatable bonds is 2. The van der Waals surface area contributed by atoms with Gasteiger partial charge in [0.05, 0.1) is 0 Å². The fraction of sp³-hybridized carbons (Fsp3) is 0.647.